The number of aromatic nitrogens is 2. The van der Waals surface area contributed by atoms with Crippen molar-refractivity contribution in [3.05, 3.63) is 42.2 Å². The number of guanidine groups is 1. The molecule has 7 nitrogen and oxygen atoms in total. The van der Waals surface area contributed by atoms with E-state index in [-0.39, 0.29) is 31.1 Å². The fraction of sp³-hybridized carbons (Fsp3) is 0.353. The second kappa shape index (κ2) is 9.06. The smallest absolute Gasteiger partial charge is 0.433 e. The average Bonchev–Trinajstić information content (AvgIpc) is 2.59. The standard InChI is InChI=1S/C17H21F3N6O/c1-11(2)27-13-5-3-12(4-6-13)25-15(21)22-9-10-24-16-23-8-7-14(26-16)17(18,19)20/h3-8,11H,9-10H2,1-2H3,(H3,21,22,25)(H,23,24,26). The molecule has 146 valence electrons. The van der Waals surface area contributed by atoms with Crippen LogP contribution in [-0.4, -0.2) is 35.1 Å². The molecule has 0 aliphatic rings. The molecule has 27 heavy (non-hydrogen) atoms. The summed E-state index contributed by atoms with van der Waals surface area (Å²) in [5.74, 6) is 0.808. The quantitative estimate of drug-likeness (QED) is 0.387. The van der Waals surface area contributed by atoms with Gasteiger partial charge >= 0.3 is 6.18 Å². The molecule has 0 aliphatic carbocycles. The van der Waals surface area contributed by atoms with Crippen LogP contribution in [-0.2, 0) is 6.18 Å². The monoisotopic (exact) mass is 382 g/mol. The van der Waals surface area contributed by atoms with Gasteiger partial charge in [0.2, 0.25) is 5.95 Å². The molecule has 4 N–H and O–H groups in total. The van der Waals surface area contributed by atoms with Gasteiger partial charge in [0, 0.05) is 18.4 Å². The lowest BCUT2D eigenvalue weighted by molar-refractivity contribution is -0.141. The van der Waals surface area contributed by atoms with Gasteiger partial charge in [-0.15, -0.1) is 0 Å². The summed E-state index contributed by atoms with van der Waals surface area (Å²) in [6.45, 7) is 4.34. The molecule has 2 rings (SSSR count). The summed E-state index contributed by atoms with van der Waals surface area (Å²) in [4.78, 5) is 11.2. The molecule has 0 fully saturated rings. The number of hydrogen-bond acceptors (Lipinski definition) is 5. The highest BCUT2D eigenvalue weighted by atomic mass is 19.4. The number of anilines is 2. The van der Waals surface area contributed by atoms with E-state index < -0.39 is 11.9 Å². The Hall–Kier alpha value is -3.04. The molecule has 1 aromatic heterocycles. The van der Waals surface area contributed by atoms with Crippen molar-refractivity contribution >= 4 is 17.6 Å². The molecule has 0 amide bonds. The maximum atomic E-state index is 12.6. The van der Waals surface area contributed by atoms with Gasteiger partial charge in [0.1, 0.15) is 11.4 Å². The van der Waals surface area contributed by atoms with Gasteiger partial charge in [0.05, 0.1) is 12.6 Å². The molecule has 0 atom stereocenters. The lowest BCUT2D eigenvalue weighted by Crippen LogP contribution is -2.24. The number of hydrogen-bond donors (Lipinski definition) is 3. The molecule has 2 aromatic rings. The first kappa shape index (κ1) is 20.3. The van der Waals surface area contributed by atoms with Crippen LogP contribution in [0.3, 0.4) is 0 Å². The number of nitrogens with two attached hydrogens (primary N) is 1. The molecule has 0 aliphatic heterocycles. The second-order valence-electron chi connectivity index (χ2n) is 5.77. The molecule has 0 saturated carbocycles. The summed E-state index contributed by atoms with van der Waals surface area (Å²) in [6, 6.07) is 8.02. The van der Waals surface area contributed by atoms with Crippen LogP contribution in [0.2, 0.25) is 0 Å². The Balaban J connectivity index is 1.81. The van der Waals surface area contributed by atoms with E-state index in [0.29, 0.717) is 0 Å². The van der Waals surface area contributed by atoms with Crippen LogP contribution >= 0.6 is 0 Å². The van der Waals surface area contributed by atoms with E-state index in [1.165, 1.54) is 0 Å². The van der Waals surface area contributed by atoms with Crippen LogP contribution in [0.5, 0.6) is 5.75 Å². The number of ether oxygens (including phenoxy) is 1. The van der Waals surface area contributed by atoms with Crippen LogP contribution < -0.4 is 21.1 Å². The Bertz CT molecular complexity index is 762. The number of halogens is 3. The first-order chi connectivity index (χ1) is 12.7. The van der Waals surface area contributed by atoms with Gasteiger partial charge in [-0.2, -0.15) is 13.2 Å². The SMILES string of the molecule is CC(C)Oc1ccc(NC(N)=NCCNc2nccc(C(F)(F)F)n2)cc1. The van der Waals surface area contributed by atoms with Gasteiger partial charge in [0.25, 0.3) is 0 Å². The van der Waals surface area contributed by atoms with Crippen molar-refractivity contribution in [1.82, 2.24) is 9.97 Å². The molecule has 1 heterocycles. The highest BCUT2D eigenvalue weighted by Gasteiger charge is 2.32. The van der Waals surface area contributed by atoms with Crippen LogP contribution in [0.25, 0.3) is 0 Å². The summed E-state index contributed by atoms with van der Waals surface area (Å²) < 4.78 is 43.3. The zero-order valence-electron chi connectivity index (χ0n) is 14.9. The number of benzene rings is 1. The maximum Gasteiger partial charge on any atom is 0.433 e. The number of aliphatic imine (C=N–C) groups is 1. The number of nitrogens with one attached hydrogen (secondary N) is 2. The van der Waals surface area contributed by atoms with Gasteiger partial charge in [-0.1, -0.05) is 0 Å². The van der Waals surface area contributed by atoms with E-state index in [1.54, 1.807) is 12.1 Å². The Labute approximate surface area is 154 Å². The molecular weight excluding hydrogens is 361 g/mol. The molecule has 0 bridgehead atoms. The molecule has 0 saturated heterocycles. The fourth-order valence-electron chi connectivity index (χ4n) is 2.02. The largest absolute Gasteiger partial charge is 0.491 e. The zero-order chi connectivity index (χ0) is 19.9. The summed E-state index contributed by atoms with van der Waals surface area (Å²) >= 11 is 0. The van der Waals surface area contributed by atoms with Crippen molar-refractivity contribution in [2.24, 2.45) is 10.7 Å². The maximum absolute atomic E-state index is 12.6. The van der Waals surface area contributed by atoms with Gasteiger partial charge < -0.3 is 21.1 Å². The third kappa shape index (κ3) is 7.00. The Morgan fingerprint density at radius 1 is 1.22 bits per heavy atom. The van der Waals surface area contributed by atoms with E-state index in [0.717, 1.165) is 23.7 Å². The van der Waals surface area contributed by atoms with Gasteiger partial charge in [-0.05, 0) is 44.2 Å². The lowest BCUT2D eigenvalue weighted by atomic mass is 10.3. The summed E-state index contributed by atoms with van der Waals surface area (Å²) in [6.07, 6.45) is -3.38. The molecule has 0 spiro atoms. The van der Waals surface area contributed by atoms with Crippen LogP contribution in [0.1, 0.15) is 19.5 Å². The Morgan fingerprint density at radius 2 is 1.93 bits per heavy atom. The minimum absolute atomic E-state index is 0.0868. The summed E-state index contributed by atoms with van der Waals surface area (Å²) in [5, 5.41) is 5.59. The van der Waals surface area contributed by atoms with Gasteiger partial charge in [0.15, 0.2) is 5.96 Å². The molecular formula is C17H21F3N6O. The Kier molecular flexibility index (Phi) is 6.80. The fourth-order valence-corrected chi connectivity index (χ4v) is 2.02. The Morgan fingerprint density at radius 3 is 2.56 bits per heavy atom. The van der Waals surface area contributed by atoms with Crippen molar-refractivity contribution in [2.45, 2.75) is 26.1 Å². The number of rotatable bonds is 7. The van der Waals surface area contributed by atoms with Gasteiger partial charge in [-0.3, -0.25) is 4.99 Å². The molecule has 1 aromatic carbocycles. The predicted octanol–water partition coefficient (Wildman–Crippen LogP) is 3.12. The van der Waals surface area contributed by atoms with Crippen LogP contribution in [0.15, 0.2) is 41.5 Å². The second-order valence-corrected chi connectivity index (χ2v) is 5.77. The predicted molar refractivity (Wildman–Crippen MR) is 97.8 cm³/mol. The number of nitrogens with zero attached hydrogens (tertiary/aromatic N) is 3. The minimum atomic E-state index is -4.51. The highest BCUT2D eigenvalue weighted by molar-refractivity contribution is 5.92. The van der Waals surface area contributed by atoms with Crippen molar-refractivity contribution < 1.29 is 17.9 Å². The third-order valence-corrected chi connectivity index (χ3v) is 3.12. The number of alkyl halides is 3. The van der Waals surface area contributed by atoms with E-state index >= 15 is 0 Å². The van der Waals surface area contributed by atoms with Crippen molar-refractivity contribution in [3.63, 3.8) is 0 Å². The van der Waals surface area contributed by atoms with Crippen LogP contribution in [0.4, 0.5) is 24.8 Å². The third-order valence-electron chi connectivity index (χ3n) is 3.12. The van der Waals surface area contributed by atoms with Crippen molar-refractivity contribution in [2.75, 3.05) is 23.7 Å². The normalized spacial score (nSPS) is 12.1. The van der Waals surface area contributed by atoms with Crippen LogP contribution in [0, 0.1) is 0 Å². The first-order valence-corrected chi connectivity index (χ1v) is 8.22. The van der Waals surface area contributed by atoms with Crippen molar-refractivity contribution in [1.29, 1.82) is 0 Å². The van der Waals surface area contributed by atoms with E-state index in [1.807, 2.05) is 26.0 Å². The molecule has 10 heteroatoms. The van der Waals surface area contributed by atoms with E-state index in [4.69, 9.17) is 10.5 Å². The van der Waals surface area contributed by atoms with Gasteiger partial charge in [-0.25, -0.2) is 9.97 Å². The van der Waals surface area contributed by atoms with E-state index in [9.17, 15) is 13.2 Å². The average molecular weight is 382 g/mol. The molecule has 0 unspecified atom stereocenters. The summed E-state index contributed by atoms with van der Waals surface area (Å²) in [7, 11) is 0. The zero-order valence-corrected chi connectivity index (χ0v) is 14.9. The van der Waals surface area contributed by atoms with E-state index in [2.05, 4.69) is 25.6 Å². The summed E-state index contributed by atoms with van der Waals surface area (Å²) in [5.41, 5.74) is 5.52. The van der Waals surface area contributed by atoms with Crippen molar-refractivity contribution in [3.8, 4) is 5.75 Å². The lowest BCUT2D eigenvalue weighted by Gasteiger charge is -2.11. The highest BCUT2D eigenvalue weighted by Crippen LogP contribution is 2.27. The first-order valence-electron chi connectivity index (χ1n) is 8.22. The minimum Gasteiger partial charge on any atom is -0.491 e. The molecule has 0 radical (unpaired) electrons. The topological polar surface area (TPSA) is 97.5 Å².